The maximum absolute atomic E-state index is 13.1. The molecule has 7 fully saturated rings. The molecule has 0 bridgehead atoms. The normalized spacial score (nSPS) is 48.7. The van der Waals surface area contributed by atoms with Gasteiger partial charge in [0.05, 0.1) is 54.4 Å². The largest absolute Gasteiger partial charge is 0.459 e. The SMILES string of the molecule is C/C=C(\C)C(=O)O[C@@H]1C[C@@H]2[C@H]3CC[C@H](O[C@H]4C[C@H](OC)[C@H](O[C@H]5C[C@H](OC)[C@H](O[C@@H]6O[C@H](C)[C@@H](O[C@H]7C[C@H](OC)[C@H](O)[C@@H](C)O7)[C@@H](OC)[C@H]6O)[C@@H](C)O5)[C@@H](C)O4)CC3=CC[C@@H]2[C@@]2(O)CC[C@H](C(C)=O)[C@@H]12. The van der Waals surface area contributed by atoms with Crippen LogP contribution < -0.4 is 0 Å². The van der Waals surface area contributed by atoms with Crippen LogP contribution in [0.1, 0.15) is 113 Å². The molecule has 25 atom stereocenters. The van der Waals surface area contributed by atoms with Crippen molar-refractivity contribution in [3.63, 3.8) is 0 Å². The summed E-state index contributed by atoms with van der Waals surface area (Å²) in [5.74, 6) is -0.711. The molecular weight excluding hydrogens is 913 g/mol. The third-order valence-corrected chi connectivity index (χ3v) is 17.4. The van der Waals surface area contributed by atoms with E-state index in [2.05, 4.69) is 6.08 Å². The molecule has 0 spiro atoms. The molecule has 18 nitrogen and oxygen atoms in total. The van der Waals surface area contributed by atoms with Gasteiger partial charge in [-0.3, -0.25) is 4.79 Å². The number of hydrogen-bond donors (Lipinski definition) is 3. The van der Waals surface area contributed by atoms with E-state index in [9.17, 15) is 24.9 Å². The standard InChI is InChI=1S/C52H82O18/c1-12-24(2)50(56)67-36-20-34-33-15-14-31(19-30(33)13-16-35(34)52(57)18-17-32(25(3)53)43(36)52)66-40-22-38(59-9)46(27(5)63-40)68-42-23-39(60-10)47(28(6)64-42)70-51-45(55)49(61-11)48(29(7)65-51)69-41-21-37(58-8)44(54)26(4)62-41/h12-13,26-29,31-49,51,54-55,57H,14-23H2,1-11H3/b24-12+/t26-,27-,28-,29-,31+,32-,33+,34-,35+,36-,37+,38+,39+,40+,41+,42+,43+,44-,45-,46-,47-,48-,49+,51+,52+/m1/s1. The molecule has 4 heterocycles. The summed E-state index contributed by atoms with van der Waals surface area (Å²) in [6.07, 6.45) is -1.65. The van der Waals surface area contributed by atoms with Crippen molar-refractivity contribution in [1.82, 2.24) is 0 Å². The van der Waals surface area contributed by atoms with Crippen molar-refractivity contribution in [2.75, 3.05) is 28.4 Å². The number of ether oxygens (including phenoxy) is 13. The Morgan fingerprint density at radius 2 is 1.26 bits per heavy atom. The summed E-state index contributed by atoms with van der Waals surface area (Å²) < 4.78 is 80.7. The van der Waals surface area contributed by atoms with Gasteiger partial charge in [0.2, 0.25) is 0 Å². The van der Waals surface area contributed by atoms with Crippen molar-refractivity contribution in [3.8, 4) is 0 Å². The minimum atomic E-state index is -1.24. The first-order valence-electron chi connectivity index (χ1n) is 25.9. The molecule has 4 saturated heterocycles. The van der Waals surface area contributed by atoms with Crippen LogP contribution in [0.4, 0.5) is 0 Å². The lowest BCUT2D eigenvalue weighted by Crippen LogP contribution is -2.63. The second kappa shape index (κ2) is 22.9. The number of methoxy groups -OCH3 is 4. The fraction of sp³-hybridized carbons (Fsp3) is 0.885. The maximum atomic E-state index is 13.1. The van der Waals surface area contributed by atoms with Crippen LogP contribution in [0.3, 0.4) is 0 Å². The van der Waals surface area contributed by atoms with Gasteiger partial charge in [0.25, 0.3) is 0 Å². The lowest BCUT2D eigenvalue weighted by molar-refractivity contribution is -0.365. The van der Waals surface area contributed by atoms with E-state index in [1.165, 1.54) is 19.8 Å². The predicted octanol–water partition coefficient (Wildman–Crippen LogP) is 4.45. The molecule has 0 unspecified atom stereocenters. The van der Waals surface area contributed by atoms with Gasteiger partial charge in [-0.1, -0.05) is 17.7 Å². The molecule has 8 rings (SSSR count). The highest BCUT2D eigenvalue weighted by atomic mass is 16.8. The number of fused-ring (bicyclic) bond motifs is 5. The van der Waals surface area contributed by atoms with Crippen molar-refractivity contribution < 1.29 is 86.5 Å². The van der Waals surface area contributed by atoms with Crippen LogP contribution in [0.15, 0.2) is 23.3 Å². The Labute approximate surface area is 413 Å². The lowest BCUT2D eigenvalue weighted by atomic mass is 9.53. The fourth-order valence-corrected chi connectivity index (χ4v) is 13.6. The Kier molecular flexibility index (Phi) is 17.7. The molecule has 0 amide bonds. The van der Waals surface area contributed by atoms with Gasteiger partial charge in [-0.15, -0.1) is 0 Å². The average Bonchev–Trinajstić information content (AvgIpc) is 3.71. The van der Waals surface area contributed by atoms with E-state index in [1.807, 2.05) is 27.7 Å². The first-order valence-corrected chi connectivity index (χ1v) is 25.9. The monoisotopic (exact) mass is 995 g/mol. The van der Waals surface area contributed by atoms with Gasteiger partial charge in [0.15, 0.2) is 25.2 Å². The average molecular weight is 995 g/mol. The van der Waals surface area contributed by atoms with Crippen LogP contribution >= 0.6 is 0 Å². The van der Waals surface area contributed by atoms with E-state index < -0.39 is 116 Å². The zero-order valence-corrected chi connectivity index (χ0v) is 43.0. The van der Waals surface area contributed by atoms with Crippen LogP contribution in [0.2, 0.25) is 0 Å². The second-order valence-electron chi connectivity index (χ2n) is 21.4. The second-order valence-corrected chi connectivity index (χ2v) is 21.4. The van der Waals surface area contributed by atoms with Crippen molar-refractivity contribution in [1.29, 1.82) is 0 Å². The zero-order chi connectivity index (χ0) is 50.3. The molecule has 3 N–H and O–H groups in total. The highest BCUT2D eigenvalue weighted by Crippen LogP contribution is 2.60. The summed E-state index contributed by atoms with van der Waals surface area (Å²) in [7, 11) is 6.29. The molecule has 4 aliphatic heterocycles. The number of aliphatic hydroxyl groups is 3. The number of aliphatic hydroxyl groups excluding tert-OH is 2. The fourth-order valence-electron chi connectivity index (χ4n) is 13.6. The Morgan fingerprint density at radius 1 is 0.671 bits per heavy atom. The van der Waals surface area contributed by atoms with Gasteiger partial charge < -0.3 is 76.9 Å². The molecule has 0 aromatic carbocycles. The summed E-state index contributed by atoms with van der Waals surface area (Å²) in [5.41, 5.74) is 0.769. The molecular formula is C52H82O18. The smallest absolute Gasteiger partial charge is 0.333 e. The number of rotatable bonds is 15. The van der Waals surface area contributed by atoms with Gasteiger partial charge in [-0.25, -0.2) is 4.79 Å². The quantitative estimate of drug-likeness (QED) is 0.117. The van der Waals surface area contributed by atoms with Crippen LogP contribution in [-0.2, 0) is 71.2 Å². The molecule has 0 radical (unpaired) electrons. The number of carbonyl (C=O) groups is 2. The maximum Gasteiger partial charge on any atom is 0.333 e. The van der Waals surface area contributed by atoms with Crippen LogP contribution in [0.5, 0.6) is 0 Å². The summed E-state index contributed by atoms with van der Waals surface area (Å²) in [4.78, 5) is 26.0. The topological polar surface area (TPSA) is 215 Å². The summed E-state index contributed by atoms with van der Waals surface area (Å²) in [5, 5.41) is 34.5. The first-order chi connectivity index (χ1) is 33.4. The third-order valence-electron chi connectivity index (χ3n) is 17.4. The summed E-state index contributed by atoms with van der Waals surface area (Å²) in [6.45, 7) is 12.5. The molecule has 0 aromatic heterocycles. The number of allylic oxidation sites excluding steroid dienone is 2. The number of Topliss-reactive ketones (excluding diaryl/α,β-unsaturated/α-hetero) is 1. The molecule has 398 valence electrons. The van der Waals surface area contributed by atoms with Gasteiger partial charge in [0.1, 0.15) is 48.5 Å². The van der Waals surface area contributed by atoms with Crippen molar-refractivity contribution in [2.24, 2.45) is 29.6 Å². The van der Waals surface area contributed by atoms with E-state index in [-0.39, 0.29) is 47.6 Å². The van der Waals surface area contributed by atoms with Crippen LogP contribution in [0.25, 0.3) is 0 Å². The molecule has 70 heavy (non-hydrogen) atoms. The first kappa shape index (κ1) is 54.3. The van der Waals surface area contributed by atoms with E-state index in [1.54, 1.807) is 41.1 Å². The van der Waals surface area contributed by atoms with Crippen molar-refractivity contribution >= 4 is 11.8 Å². The Morgan fingerprint density at radius 3 is 1.87 bits per heavy atom. The molecule has 18 heteroatoms. The van der Waals surface area contributed by atoms with Crippen LogP contribution in [0, 0.1) is 29.6 Å². The summed E-state index contributed by atoms with van der Waals surface area (Å²) in [6, 6.07) is 0. The Hall–Kier alpha value is -1.98. The van der Waals surface area contributed by atoms with Gasteiger partial charge >= 0.3 is 5.97 Å². The van der Waals surface area contributed by atoms with E-state index >= 15 is 0 Å². The Balaban J connectivity index is 0.845. The van der Waals surface area contributed by atoms with E-state index in [4.69, 9.17) is 61.6 Å². The molecule has 4 aliphatic carbocycles. The number of ketones is 1. The molecule has 8 aliphatic rings. The minimum Gasteiger partial charge on any atom is -0.459 e. The molecule has 3 saturated carbocycles. The molecule has 0 aromatic rings. The highest BCUT2D eigenvalue weighted by molar-refractivity contribution is 5.88. The highest BCUT2D eigenvalue weighted by Gasteiger charge is 2.64. The summed E-state index contributed by atoms with van der Waals surface area (Å²) >= 11 is 0. The van der Waals surface area contributed by atoms with Gasteiger partial charge in [0, 0.05) is 65.1 Å². The third kappa shape index (κ3) is 10.9. The van der Waals surface area contributed by atoms with Crippen molar-refractivity contribution in [3.05, 3.63) is 23.3 Å². The number of hydrogen-bond acceptors (Lipinski definition) is 18. The number of carbonyl (C=O) groups excluding carboxylic acids is 2. The lowest BCUT2D eigenvalue weighted by Gasteiger charge is -2.55. The van der Waals surface area contributed by atoms with Crippen LogP contribution in [-0.4, -0.2) is 178 Å². The van der Waals surface area contributed by atoms with E-state index in [0.29, 0.717) is 44.1 Å². The van der Waals surface area contributed by atoms with Gasteiger partial charge in [-0.05, 0) is 111 Å². The predicted molar refractivity (Wildman–Crippen MR) is 249 cm³/mol. The van der Waals surface area contributed by atoms with E-state index in [0.717, 1.165) is 25.7 Å². The Bertz CT molecular complexity index is 1850. The zero-order valence-electron chi connectivity index (χ0n) is 43.0. The minimum absolute atomic E-state index is 0.00323. The van der Waals surface area contributed by atoms with Crippen molar-refractivity contribution in [2.45, 2.75) is 235 Å². The van der Waals surface area contributed by atoms with Gasteiger partial charge in [-0.2, -0.15) is 0 Å². The number of esters is 1.